The fraction of sp³-hybridized carbons (Fsp3) is 0.784. The summed E-state index contributed by atoms with van der Waals surface area (Å²) in [6.07, 6.45) is 9.20. The molecule has 274 valence electrons. The Morgan fingerprint density at radius 1 is 1.25 bits per heavy atom. The molecule has 3 heterocycles. The number of carbonyl (C=O) groups is 2. The Kier molecular flexibility index (Phi) is 15.1. The van der Waals surface area contributed by atoms with Crippen LogP contribution in [0.15, 0.2) is 36.0 Å². The summed E-state index contributed by atoms with van der Waals surface area (Å²) in [6.45, 7) is 13.3. The number of piperidine rings is 1. The van der Waals surface area contributed by atoms with Gasteiger partial charge in [0.2, 0.25) is 0 Å². The van der Waals surface area contributed by atoms with E-state index < -0.39 is 47.7 Å². The lowest BCUT2D eigenvalue weighted by atomic mass is 9.88. The third kappa shape index (κ3) is 12.9. The van der Waals surface area contributed by atoms with Crippen LogP contribution in [-0.4, -0.2) is 112 Å². The molecule has 0 aromatic carbocycles. The van der Waals surface area contributed by atoms with Crippen LogP contribution in [0.25, 0.3) is 0 Å². The lowest BCUT2D eigenvalue weighted by molar-refractivity contribution is -0.151. The number of hydrogen-bond donors (Lipinski definition) is 5. The third-order valence-electron chi connectivity index (χ3n) is 10.3. The van der Waals surface area contributed by atoms with Gasteiger partial charge >= 0.3 is 12.1 Å². The molecule has 0 radical (unpaired) electrons. The fourth-order valence-corrected chi connectivity index (χ4v) is 6.65. The van der Waals surface area contributed by atoms with Crippen LogP contribution in [0.4, 0.5) is 4.79 Å². The minimum absolute atomic E-state index is 0.00380. The Hall–Kier alpha value is -2.28. The molecule has 0 spiro atoms. The number of likely N-dealkylation sites (tertiary alicyclic amines) is 1. The number of nitrogens with one attached hydrogen (secondary N) is 1. The molecular weight excluding hydrogens is 616 g/mol. The number of amides is 1. The molecule has 1 amide bonds. The summed E-state index contributed by atoms with van der Waals surface area (Å²) in [4.78, 5) is 27.8. The van der Waals surface area contributed by atoms with Crippen LogP contribution < -0.4 is 5.32 Å². The van der Waals surface area contributed by atoms with Crippen LogP contribution >= 0.6 is 0 Å². The second-order valence-corrected chi connectivity index (χ2v) is 14.9. The molecule has 11 nitrogen and oxygen atoms in total. The van der Waals surface area contributed by atoms with E-state index in [9.17, 15) is 30.0 Å². The summed E-state index contributed by atoms with van der Waals surface area (Å²) < 4.78 is 17.4. The van der Waals surface area contributed by atoms with Crippen molar-refractivity contribution in [2.75, 3.05) is 26.7 Å². The molecule has 11 heteroatoms. The summed E-state index contributed by atoms with van der Waals surface area (Å²) in [7, 11) is 2.03. The average molecular weight is 679 g/mol. The Morgan fingerprint density at radius 3 is 2.60 bits per heavy atom. The van der Waals surface area contributed by atoms with Gasteiger partial charge in [-0.25, -0.2) is 4.79 Å². The summed E-state index contributed by atoms with van der Waals surface area (Å²) in [5, 5.41) is 45.4. The van der Waals surface area contributed by atoms with E-state index in [1.807, 2.05) is 53.8 Å². The van der Waals surface area contributed by atoms with E-state index in [0.29, 0.717) is 51.5 Å². The van der Waals surface area contributed by atoms with E-state index in [4.69, 9.17) is 14.2 Å². The summed E-state index contributed by atoms with van der Waals surface area (Å²) in [6, 6.07) is 0. The number of nitrogens with zero attached hydrogens (tertiary/aromatic N) is 1. The van der Waals surface area contributed by atoms with Crippen molar-refractivity contribution in [1.29, 1.82) is 0 Å². The Labute approximate surface area is 287 Å². The number of alkyl carbamates (subject to hydrolysis) is 1. The summed E-state index contributed by atoms with van der Waals surface area (Å²) in [5.41, 5.74) is -1.19. The van der Waals surface area contributed by atoms with Crippen molar-refractivity contribution in [3.05, 3.63) is 36.0 Å². The Morgan fingerprint density at radius 2 is 1.94 bits per heavy atom. The van der Waals surface area contributed by atoms with Gasteiger partial charge in [0.15, 0.2) is 0 Å². The van der Waals surface area contributed by atoms with Crippen molar-refractivity contribution < 1.29 is 44.2 Å². The lowest BCUT2D eigenvalue weighted by Crippen LogP contribution is -2.45. The van der Waals surface area contributed by atoms with Crippen LogP contribution in [0.1, 0.15) is 92.9 Å². The summed E-state index contributed by atoms with van der Waals surface area (Å²) in [5.74, 6) is -0.909. The first-order valence-electron chi connectivity index (χ1n) is 17.9. The van der Waals surface area contributed by atoms with Gasteiger partial charge < -0.3 is 44.9 Å². The highest BCUT2D eigenvalue weighted by Gasteiger charge is 2.47. The van der Waals surface area contributed by atoms with Crippen molar-refractivity contribution in [2.24, 2.45) is 17.8 Å². The van der Waals surface area contributed by atoms with E-state index in [0.717, 1.165) is 18.7 Å². The van der Waals surface area contributed by atoms with E-state index in [1.165, 1.54) is 0 Å². The first-order chi connectivity index (χ1) is 22.5. The minimum Gasteiger partial charge on any atom is -0.457 e. The Balaban J connectivity index is 1.65. The van der Waals surface area contributed by atoms with Crippen LogP contribution in [-0.2, 0) is 19.0 Å². The van der Waals surface area contributed by atoms with Gasteiger partial charge in [0.25, 0.3) is 0 Å². The van der Waals surface area contributed by atoms with E-state index in [1.54, 1.807) is 25.2 Å². The molecule has 3 aliphatic rings. The van der Waals surface area contributed by atoms with E-state index in [2.05, 4.69) is 10.2 Å². The monoisotopic (exact) mass is 678 g/mol. The van der Waals surface area contributed by atoms with Crippen LogP contribution in [0.2, 0.25) is 0 Å². The van der Waals surface area contributed by atoms with E-state index >= 15 is 0 Å². The van der Waals surface area contributed by atoms with Gasteiger partial charge in [-0.1, -0.05) is 52.0 Å². The van der Waals surface area contributed by atoms with Crippen LogP contribution in [0, 0.1) is 17.8 Å². The molecule has 2 saturated heterocycles. The van der Waals surface area contributed by atoms with Crippen molar-refractivity contribution in [2.45, 2.75) is 141 Å². The molecule has 48 heavy (non-hydrogen) atoms. The molecule has 2 fully saturated rings. The van der Waals surface area contributed by atoms with Crippen molar-refractivity contribution >= 4 is 12.1 Å². The summed E-state index contributed by atoms with van der Waals surface area (Å²) >= 11 is 0. The highest BCUT2D eigenvalue weighted by atomic mass is 16.6. The number of rotatable bonds is 12. The predicted molar refractivity (Wildman–Crippen MR) is 184 cm³/mol. The third-order valence-corrected chi connectivity index (χ3v) is 10.3. The minimum atomic E-state index is -1.14. The maximum atomic E-state index is 12.8. The molecule has 10 atom stereocenters. The number of esters is 1. The lowest BCUT2D eigenvalue weighted by Gasteiger charge is -2.36. The average Bonchev–Trinajstić information content (AvgIpc) is 3.78. The van der Waals surface area contributed by atoms with Gasteiger partial charge in [0.1, 0.15) is 12.2 Å². The van der Waals surface area contributed by atoms with Gasteiger partial charge in [-0.05, 0) is 77.0 Å². The highest BCUT2D eigenvalue weighted by molar-refractivity contribution is 5.70. The standard InChI is InChI=1S/C37H62N2O9/c1-8-29(41)27(5)34-31(46-34)23-36(6,44)15-9-10-25(3)33-26(4)12-14-30(24(2)11-13-28(40)22-32(42)48-33)47-35(43)38-19-16-37(45)17-20-39(7)21-18-37/h9-10,12,14-15,24,26-31,33-34,40-41,44-45H,8,11,13,16-23H2,1-7H3,(H,38,43)/b14-12+,15-9+,25-10+. The zero-order valence-electron chi connectivity index (χ0n) is 30.1. The quantitative estimate of drug-likeness (QED) is 0.0882. The number of hydrogen-bond acceptors (Lipinski definition) is 10. The Bertz CT molecular complexity index is 1130. The predicted octanol–water partition coefficient (Wildman–Crippen LogP) is 4.03. The topological polar surface area (TPSA) is 161 Å². The number of epoxide rings is 1. The maximum Gasteiger partial charge on any atom is 0.407 e. The molecule has 0 aromatic heterocycles. The maximum absolute atomic E-state index is 12.8. The molecular formula is C37H62N2O9. The smallest absolute Gasteiger partial charge is 0.407 e. The van der Waals surface area contributed by atoms with Gasteiger partial charge in [-0.3, -0.25) is 4.79 Å². The molecule has 3 aliphatic heterocycles. The first-order valence-corrected chi connectivity index (χ1v) is 17.9. The number of allylic oxidation sites excluding steroid dienone is 2. The largest absolute Gasteiger partial charge is 0.457 e. The first kappa shape index (κ1) is 40.2. The normalized spacial score (nSPS) is 33.8. The fourth-order valence-electron chi connectivity index (χ4n) is 6.65. The zero-order chi connectivity index (χ0) is 35.6. The number of carbonyl (C=O) groups excluding carboxylic acids is 2. The molecule has 3 rings (SSSR count). The second-order valence-electron chi connectivity index (χ2n) is 14.9. The van der Waals surface area contributed by atoms with Crippen molar-refractivity contribution in [1.82, 2.24) is 10.2 Å². The van der Waals surface area contributed by atoms with Crippen molar-refractivity contribution in [3.8, 4) is 0 Å². The molecule has 0 saturated carbocycles. The SMILES string of the molecule is CCC(O)C(C)C1OC1CC(C)(O)/C=C/C=C(\C)C1OC(=O)CC(O)CCC(C)C(OC(=O)NCCC2(O)CCN(C)CC2)/C=C/C1C. The van der Waals surface area contributed by atoms with Gasteiger partial charge in [-0.2, -0.15) is 0 Å². The van der Waals surface area contributed by atoms with Gasteiger partial charge in [0, 0.05) is 37.9 Å². The van der Waals surface area contributed by atoms with Crippen LogP contribution in [0.3, 0.4) is 0 Å². The number of cyclic esters (lactones) is 1. The molecule has 0 aliphatic carbocycles. The van der Waals surface area contributed by atoms with Crippen molar-refractivity contribution in [3.63, 3.8) is 0 Å². The molecule has 0 aromatic rings. The number of aliphatic hydroxyl groups excluding tert-OH is 2. The molecule has 0 bridgehead atoms. The zero-order valence-corrected chi connectivity index (χ0v) is 30.1. The molecule has 5 N–H and O–H groups in total. The molecule has 10 unspecified atom stereocenters. The van der Waals surface area contributed by atoms with Gasteiger partial charge in [-0.15, -0.1) is 0 Å². The second kappa shape index (κ2) is 18.1. The highest BCUT2D eigenvalue weighted by Crippen LogP contribution is 2.37. The van der Waals surface area contributed by atoms with E-state index in [-0.39, 0.29) is 36.4 Å². The van der Waals surface area contributed by atoms with Gasteiger partial charge in [0.05, 0.1) is 42.0 Å². The number of ether oxygens (including phenoxy) is 3. The van der Waals surface area contributed by atoms with Crippen LogP contribution in [0.5, 0.6) is 0 Å². The number of aliphatic hydroxyl groups is 4.